The minimum absolute atomic E-state index is 0.0192. The van der Waals surface area contributed by atoms with Gasteiger partial charge in [0.15, 0.2) is 23.0 Å². The number of rotatable bonds is 3. The highest BCUT2D eigenvalue weighted by Crippen LogP contribution is 2.50. The first-order valence-corrected chi connectivity index (χ1v) is 8.50. The number of methoxy groups -OCH3 is 1. The SMILES string of the molecule is COc1cc([C@H]2O[C@@H](c3ccc4c(c3)OCO4)[C@@H](C)[C@@H]2C)ccc1O. The van der Waals surface area contributed by atoms with Gasteiger partial charge in [0.1, 0.15) is 0 Å². The maximum atomic E-state index is 9.82. The molecule has 5 heteroatoms. The van der Waals surface area contributed by atoms with Gasteiger partial charge in [-0.1, -0.05) is 26.0 Å². The molecule has 0 radical (unpaired) electrons. The van der Waals surface area contributed by atoms with Crippen molar-refractivity contribution in [2.45, 2.75) is 26.1 Å². The maximum Gasteiger partial charge on any atom is 0.231 e. The monoisotopic (exact) mass is 342 g/mol. The quantitative estimate of drug-likeness (QED) is 0.905. The van der Waals surface area contributed by atoms with Crippen LogP contribution in [0, 0.1) is 11.8 Å². The van der Waals surface area contributed by atoms with E-state index in [2.05, 4.69) is 13.8 Å². The smallest absolute Gasteiger partial charge is 0.231 e. The fraction of sp³-hybridized carbons (Fsp3) is 0.400. The molecule has 0 aliphatic carbocycles. The summed E-state index contributed by atoms with van der Waals surface area (Å²) in [5.74, 6) is 2.82. The van der Waals surface area contributed by atoms with Crippen molar-refractivity contribution < 1.29 is 24.1 Å². The minimum atomic E-state index is -0.0556. The Balaban J connectivity index is 1.63. The molecule has 2 heterocycles. The van der Waals surface area contributed by atoms with Crippen molar-refractivity contribution in [2.75, 3.05) is 13.9 Å². The van der Waals surface area contributed by atoms with Gasteiger partial charge in [-0.3, -0.25) is 0 Å². The summed E-state index contributed by atoms with van der Waals surface area (Å²) in [7, 11) is 1.55. The van der Waals surface area contributed by atoms with Gasteiger partial charge in [0.25, 0.3) is 0 Å². The highest BCUT2D eigenvalue weighted by atomic mass is 16.7. The first kappa shape index (κ1) is 16.1. The lowest BCUT2D eigenvalue weighted by atomic mass is 9.85. The van der Waals surface area contributed by atoms with E-state index in [0.29, 0.717) is 17.6 Å². The van der Waals surface area contributed by atoms with Crippen LogP contribution in [0.15, 0.2) is 36.4 Å². The molecular weight excluding hydrogens is 320 g/mol. The zero-order valence-electron chi connectivity index (χ0n) is 14.6. The van der Waals surface area contributed by atoms with Gasteiger partial charge < -0.3 is 24.1 Å². The molecule has 0 aromatic heterocycles. The fourth-order valence-electron chi connectivity index (χ4n) is 3.68. The zero-order valence-corrected chi connectivity index (χ0v) is 14.6. The molecule has 2 aromatic carbocycles. The van der Waals surface area contributed by atoms with Gasteiger partial charge in [0, 0.05) is 0 Å². The van der Waals surface area contributed by atoms with Crippen LogP contribution in [0.4, 0.5) is 0 Å². The van der Waals surface area contributed by atoms with Gasteiger partial charge in [-0.15, -0.1) is 0 Å². The first-order valence-electron chi connectivity index (χ1n) is 8.50. The summed E-state index contributed by atoms with van der Waals surface area (Å²) in [6.07, 6.45) is -0.0748. The molecule has 1 N–H and O–H groups in total. The number of hydrogen-bond acceptors (Lipinski definition) is 5. The summed E-state index contributed by atoms with van der Waals surface area (Å²) in [6, 6.07) is 11.4. The Morgan fingerprint density at radius 2 is 1.56 bits per heavy atom. The Hall–Kier alpha value is -2.40. The van der Waals surface area contributed by atoms with Crippen LogP contribution in [0.5, 0.6) is 23.0 Å². The molecule has 0 bridgehead atoms. The average molecular weight is 342 g/mol. The largest absolute Gasteiger partial charge is 0.504 e. The second-order valence-electron chi connectivity index (χ2n) is 6.74. The molecule has 4 rings (SSSR count). The van der Waals surface area contributed by atoms with Crippen LogP contribution in [0.1, 0.15) is 37.2 Å². The third-order valence-electron chi connectivity index (χ3n) is 5.34. The molecule has 25 heavy (non-hydrogen) atoms. The predicted octanol–water partition coefficient (Wildman–Crippen LogP) is 4.21. The van der Waals surface area contributed by atoms with E-state index in [1.54, 1.807) is 13.2 Å². The number of aromatic hydroxyl groups is 1. The van der Waals surface area contributed by atoms with Gasteiger partial charge >= 0.3 is 0 Å². The molecule has 2 aromatic rings. The highest BCUT2D eigenvalue weighted by molar-refractivity contribution is 5.46. The molecule has 4 atom stereocenters. The van der Waals surface area contributed by atoms with Crippen molar-refractivity contribution in [3.8, 4) is 23.0 Å². The van der Waals surface area contributed by atoms with Crippen molar-refractivity contribution in [3.05, 3.63) is 47.5 Å². The topological polar surface area (TPSA) is 57.2 Å². The Morgan fingerprint density at radius 1 is 0.920 bits per heavy atom. The van der Waals surface area contributed by atoms with Crippen LogP contribution >= 0.6 is 0 Å². The summed E-state index contributed by atoms with van der Waals surface area (Å²) >= 11 is 0. The summed E-state index contributed by atoms with van der Waals surface area (Å²) in [5, 5.41) is 9.82. The number of fused-ring (bicyclic) bond motifs is 1. The molecule has 0 unspecified atom stereocenters. The van der Waals surface area contributed by atoms with Crippen molar-refractivity contribution in [2.24, 2.45) is 11.8 Å². The predicted molar refractivity (Wildman–Crippen MR) is 92.1 cm³/mol. The average Bonchev–Trinajstić information content (AvgIpc) is 3.20. The van der Waals surface area contributed by atoms with Crippen LogP contribution in [-0.2, 0) is 4.74 Å². The number of ether oxygens (including phenoxy) is 4. The lowest BCUT2D eigenvalue weighted by molar-refractivity contribution is 0.0288. The molecule has 0 amide bonds. The zero-order chi connectivity index (χ0) is 17.6. The van der Waals surface area contributed by atoms with Gasteiger partial charge in [-0.25, -0.2) is 0 Å². The van der Waals surface area contributed by atoms with E-state index in [9.17, 15) is 5.11 Å². The van der Waals surface area contributed by atoms with Crippen LogP contribution in [0.2, 0.25) is 0 Å². The lowest BCUT2D eigenvalue weighted by Crippen LogP contribution is -2.09. The second-order valence-corrected chi connectivity index (χ2v) is 6.74. The first-order chi connectivity index (χ1) is 12.1. The van der Waals surface area contributed by atoms with Crippen LogP contribution in [0.3, 0.4) is 0 Å². The van der Waals surface area contributed by atoms with Gasteiger partial charge in [-0.2, -0.15) is 0 Å². The lowest BCUT2D eigenvalue weighted by Gasteiger charge is -2.17. The van der Waals surface area contributed by atoms with E-state index in [1.165, 1.54) is 0 Å². The van der Waals surface area contributed by atoms with E-state index >= 15 is 0 Å². The summed E-state index contributed by atoms with van der Waals surface area (Å²) in [5.41, 5.74) is 2.11. The Kier molecular flexibility index (Phi) is 3.96. The molecule has 2 aliphatic rings. The number of phenols is 1. The second kappa shape index (κ2) is 6.15. The van der Waals surface area contributed by atoms with E-state index in [-0.39, 0.29) is 24.8 Å². The summed E-state index contributed by atoms with van der Waals surface area (Å²) in [6.45, 7) is 4.67. The van der Waals surface area contributed by atoms with E-state index in [0.717, 1.165) is 22.6 Å². The number of hydrogen-bond donors (Lipinski definition) is 1. The molecule has 2 aliphatic heterocycles. The fourth-order valence-corrected chi connectivity index (χ4v) is 3.68. The molecule has 1 saturated heterocycles. The third kappa shape index (κ3) is 2.68. The molecule has 0 spiro atoms. The minimum Gasteiger partial charge on any atom is -0.504 e. The van der Waals surface area contributed by atoms with Crippen molar-refractivity contribution >= 4 is 0 Å². The van der Waals surface area contributed by atoms with E-state index in [1.807, 2.05) is 30.3 Å². The third-order valence-corrected chi connectivity index (χ3v) is 5.34. The molecule has 1 fully saturated rings. The van der Waals surface area contributed by atoms with Gasteiger partial charge in [0.05, 0.1) is 19.3 Å². The Bertz CT molecular complexity index is 767. The normalized spacial score (nSPS) is 27.5. The number of phenolic OH excluding ortho intramolecular Hbond substituents is 1. The molecule has 0 saturated carbocycles. The highest BCUT2D eigenvalue weighted by Gasteiger charge is 2.41. The van der Waals surface area contributed by atoms with Crippen molar-refractivity contribution in [3.63, 3.8) is 0 Å². The van der Waals surface area contributed by atoms with Gasteiger partial charge in [0.2, 0.25) is 6.79 Å². The Labute approximate surface area is 147 Å². The van der Waals surface area contributed by atoms with Crippen LogP contribution < -0.4 is 14.2 Å². The summed E-state index contributed by atoms with van der Waals surface area (Å²) in [4.78, 5) is 0. The van der Waals surface area contributed by atoms with E-state index < -0.39 is 0 Å². The maximum absolute atomic E-state index is 9.82. The van der Waals surface area contributed by atoms with Crippen LogP contribution in [-0.4, -0.2) is 19.0 Å². The number of benzene rings is 2. The van der Waals surface area contributed by atoms with Crippen molar-refractivity contribution in [1.29, 1.82) is 0 Å². The van der Waals surface area contributed by atoms with Crippen LogP contribution in [0.25, 0.3) is 0 Å². The standard InChI is InChI=1S/C20H22O5/c1-11-12(2)20(14-5-7-16-18(9-14)24-10-23-16)25-19(11)13-4-6-15(21)17(8-13)22-3/h4-9,11-12,19-21H,10H2,1-3H3/t11-,12-,19-,20+/m0/s1. The Morgan fingerprint density at radius 3 is 2.28 bits per heavy atom. The summed E-state index contributed by atoms with van der Waals surface area (Å²) < 4.78 is 22.5. The van der Waals surface area contributed by atoms with Crippen molar-refractivity contribution in [1.82, 2.24) is 0 Å². The molecule has 132 valence electrons. The van der Waals surface area contributed by atoms with Gasteiger partial charge in [-0.05, 0) is 47.2 Å². The molecule has 5 nitrogen and oxygen atoms in total. The van der Waals surface area contributed by atoms with E-state index in [4.69, 9.17) is 18.9 Å². The molecular formula is C20H22O5.